The fourth-order valence-electron chi connectivity index (χ4n) is 5.24. The molecule has 1 fully saturated rings. The highest BCUT2D eigenvalue weighted by atomic mass is 32.2. The number of aromatic nitrogens is 3. The first-order valence-corrected chi connectivity index (χ1v) is 13.0. The van der Waals surface area contributed by atoms with Gasteiger partial charge in [-0.25, -0.2) is 15.4 Å². The molecule has 2 aliphatic carbocycles. The predicted molar refractivity (Wildman–Crippen MR) is 130 cm³/mol. The maximum Gasteiger partial charge on any atom is 0.335 e. The first-order valence-electron chi connectivity index (χ1n) is 11.6. The number of nitrogens with zero attached hydrogens (tertiary/aromatic N) is 3. The lowest BCUT2D eigenvalue weighted by Gasteiger charge is -2.33. The monoisotopic (exact) mass is 502 g/mol. The van der Waals surface area contributed by atoms with Gasteiger partial charge >= 0.3 is 10.3 Å². The highest BCUT2D eigenvalue weighted by Crippen LogP contribution is 2.35. The Labute approximate surface area is 204 Å². The molecule has 0 spiro atoms. The zero-order valence-electron chi connectivity index (χ0n) is 19.6. The molecule has 3 aromatic rings. The van der Waals surface area contributed by atoms with Crippen LogP contribution in [0, 0.1) is 0 Å². The number of fused-ring (bicyclic) bond motifs is 2. The Morgan fingerprint density at radius 2 is 1.97 bits per heavy atom. The van der Waals surface area contributed by atoms with Crippen molar-refractivity contribution < 1.29 is 22.4 Å². The number of methoxy groups -OCH3 is 1. The highest BCUT2D eigenvalue weighted by molar-refractivity contribution is 7.84. The fourth-order valence-corrected chi connectivity index (χ4v) is 5.96. The summed E-state index contributed by atoms with van der Waals surface area (Å²) in [5.74, 6) is 0.627. The second kappa shape index (κ2) is 9.80. The summed E-state index contributed by atoms with van der Waals surface area (Å²) in [5.41, 5.74) is 9.88. The number of benzene rings is 1. The fraction of sp³-hybridized carbons (Fsp3) is 0.478. The van der Waals surface area contributed by atoms with E-state index in [1.165, 1.54) is 17.5 Å². The van der Waals surface area contributed by atoms with Crippen molar-refractivity contribution in [2.24, 2.45) is 0 Å². The molecule has 5 atom stereocenters. The van der Waals surface area contributed by atoms with E-state index in [9.17, 15) is 13.5 Å². The Morgan fingerprint density at radius 3 is 2.77 bits per heavy atom. The molecule has 0 unspecified atom stereocenters. The van der Waals surface area contributed by atoms with Crippen LogP contribution < -0.4 is 15.6 Å². The van der Waals surface area contributed by atoms with E-state index in [2.05, 4.69) is 47.9 Å². The first-order chi connectivity index (χ1) is 16.9. The standard InChI is InChI=1S/C23H30N6O5S/c1-33-20-8-7-14-5-3-4-6-16(14)21(20)26-27-22-17-9-10-29(23(17)25-13-24-22)15-11-18(19(30)12-15)28-35(31,32)34-2/h3-6,9-10,13,15,18-21,26,28,30H,7-8,11-12H2,1-2H3,(H,24,25,27)/t15-,18+,19+,20+,21-/m1/s1. The van der Waals surface area contributed by atoms with Crippen LogP contribution in [0.25, 0.3) is 11.0 Å². The van der Waals surface area contributed by atoms with Crippen LogP contribution in [0.5, 0.6) is 0 Å². The van der Waals surface area contributed by atoms with Crippen molar-refractivity contribution in [1.82, 2.24) is 24.7 Å². The van der Waals surface area contributed by atoms with Crippen molar-refractivity contribution >= 4 is 27.2 Å². The zero-order chi connectivity index (χ0) is 24.6. The lowest BCUT2D eigenvalue weighted by molar-refractivity contribution is 0.0579. The highest BCUT2D eigenvalue weighted by Gasteiger charge is 2.37. The lowest BCUT2D eigenvalue weighted by Crippen LogP contribution is -2.40. The van der Waals surface area contributed by atoms with Gasteiger partial charge in [0.25, 0.3) is 0 Å². The summed E-state index contributed by atoms with van der Waals surface area (Å²) in [6.07, 6.45) is 5.26. The van der Waals surface area contributed by atoms with E-state index < -0.39 is 22.4 Å². The number of rotatable bonds is 8. The smallest absolute Gasteiger partial charge is 0.335 e. The van der Waals surface area contributed by atoms with Crippen LogP contribution in [0.4, 0.5) is 5.82 Å². The van der Waals surface area contributed by atoms with Gasteiger partial charge in [0.1, 0.15) is 12.0 Å². The molecule has 2 heterocycles. The minimum absolute atomic E-state index is 0.0205. The van der Waals surface area contributed by atoms with Crippen LogP contribution in [0.1, 0.15) is 42.5 Å². The number of aliphatic hydroxyl groups is 1. The van der Waals surface area contributed by atoms with Crippen LogP contribution in [0.15, 0.2) is 42.9 Å². The SMILES string of the molecule is CO[C@H]1CCc2ccccc2[C@H]1NNc1ncnc2c1ccn2[C@@H]1C[C@H](NS(=O)(=O)OC)[C@@H](O)C1. The van der Waals surface area contributed by atoms with Crippen molar-refractivity contribution in [2.75, 3.05) is 19.6 Å². The molecule has 188 valence electrons. The van der Waals surface area contributed by atoms with Gasteiger partial charge in [0.2, 0.25) is 0 Å². The topological polar surface area (TPSA) is 140 Å². The summed E-state index contributed by atoms with van der Waals surface area (Å²) in [6, 6.07) is 9.45. The summed E-state index contributed by atoms with van der Waals surface area (Å²) in [6.45, 7) is 0. The number of ether oxygens (including phenoxy) is 1. The zero-order valence-corrected chi connectivity index (χ0v) is 20.4. The molecule has 2 aliphatic rings. The Bertz CT molecular complexity index is 1300. The summed E-state index contributed by atoms with van der Waals surface area (Å²) < 4.78 is 38.1. The quantitative estimate of drug-likeness (QED) is 0.338. The number of nitrogens with one attached hydrogen (secondary N) is 3. The van der Waals surface area contributed by atoms with E-state index in [0.717, 1.165) is 25.3 Å². The van der Waals surface area contributed by atoms with Crippen molar-refractivity contribution in [3.63, 3.8) is 0 Å². The number of aryl methyl sites for hydroxylation is 1. The third-order valence-electron chi connectivity index (χ3n) is 7.03. The van der Waals surface area contributed by atoms with Gasteiger partial charge in [-0.1, -0.05) is 24.3 Å². The second-order valence-corrected chi connectivity index (χ2v) is 10.5. The van der Waals surface area contributed by atoms with E-state index >= 15 is 0 Å². The molecule has 2 aromatic heterocycles. The van der Waals surface area contributed by atoms with Gasteiger partial charge in [0.15, 0.2) is 5.82 Å². The van der Waals surface area contributed by atoms with E-state index in [-0.39, 0.29) is 18.2 Å². The van der Waals surface area contributed by atoms with Gasteiger partial charge in [-0.2, -0.15) is 13.1 Å². The largest absolute Gasteiger partial charge is 0.391 e. The molecular formula is C23H30N6O5S. The Hall–Kier alpha value is -2.61. The first kappa shape index (κ1) is 24.1. The van der Waals surface area contributed by atoms with Gasteiger partial charge < -0.3 is 19.8 Å². The van der Waals surface area contributed by atoms with Crippen LogP contribution in [0.3, 0.4) is 0 Å². The molecule has 12 heteroatoms. The maximum atomic E-state index is 11.8. The van der Waals surface area contributed by atoms with E-state index in [1.807, 2.05) is 22.9 Å². The number of aliphatic hydroxyl groups excluding tert-OH is 1. The Morgan fingerprint density at radius 1 is 1.14 bits per heavy atom. The minimum atomic E-state index is -3.90. The number of anilines is 1. The van der Waals surface area contributed by atoms with Crippen molar-refractivity contribution in [3.8, 4) is 0 Å². The van der Waals surface area contributed by atoms with Gasteiger partial charge in [-0.3, -0.25) is 4.18 Å². The Balaban J connectivity index is 1.35. The summed E-state index contributed by atoms with van der Waals surface area (Å²) >= 11 is 0. The van der Waals surface area contributed by atoms with Gasteiger partial charge in [0.05, 0.1) is 36.8 Å². The molecule has 1 aromatic carbocycles. The minimum Gasteiger partial charge on any atom is -0.391 e. The molecule has 0 bridgehead atoms. The molecule has 5 rings (SSSR count). The summed E-state index contributed by atoms with van der Waals surface area (Å²) in [4.78, 5) is 8.89. The van der Waals surface area contributed by atoms with Gasteiger partial charge in [-0.15, -0.1) is 0 Å². The lowest BCUT2D eigenvalue weighted by atomic mass is 9.86. The van der Waals surface area contributed by atoms with E-state index in [0.29, 0.717) is 24.3 Å². The van der Waals surface area contributed by atoms with Crippen LogP contribution in [0.2, 0.25) is 0 Å². The van der Waals surface area contributed by atoms with E-state index in [1.54, 1.807) is 7.11 Å². The van der Waals surface area contributed by atoms with Crippen molar-refractivity contribution in [2.45, 2.75) is 56.0 Å². The molecule has 1 saturated carbocycles. The Kier molecular flexibility index (Phi) is 6.75. The normalized spacial score (nSPS) is 26.7. The molecule has 0 amide bonds. The number of hydrazine groups is 1. The average molecular weight is 503 g/mol. The number of hydrogen-bond donors (Lipinski definition) is 4. The molecule has 0 radical (unpaired) electrons. The summed E-state index contributed by atoms with van der Waals surface area (Å²) in [7, 11) is -1.08. The third kappa shape index (κ3) is 4.77. The summed E-state index contributed by atoms with van der Waals surface area (Å²) in [5, 5.41) is 11.3. The molecule has 0 aliphatic heterocycles. The number of hydrogen-bond acceptors (Lipinski definition) is 9. The van der Waals surface area contributed by atoms with Gasteiger partial charge in [-0.05, 0) is 42.9 Å². The third-order valence-corrected chi connectivity index (χ3v) is 8.06. The van der Waals surface area contributed by atoms with Crippen molar-refractivity contribution in [1.29, 1.82) is 0 Å². The predicted octanol–water partition coefficient (Wildman–Crippen LogP) is 1.60. The van der Waals surface area contributed by atoms with Gasteiger partial charge in [0, 0.05) is 19.3 Å². The van der Waals surface area contributed by atoms with Crippen LogP contribution in [-0.2, 0) is 25.6 Å². The molecule has 0 saturated heterocycles. The molecule has 11 nitrogen and oxygen atoms in total. The average Bonchev–Trinajstić information content (AvgIpc) is 3.45. The molecular weight excluding hydrogens is 472 g/mol. The van der Waals surface area contributed by atoms with E-state index in [4.69, 9.17) is 4.74 Å². The van der Waals surface area contributed by atoms with Crippen LogP contribution in [-0.4, -0.2) is 60.5 Å². The second-order valence-electron chi connectivity index (χ2n) is 8.98. The molecule has 4 N–H and O–H groups in total. The van der Waals surface area contributed by atoms with Crippen LogP contribution >= 0.6 is 0 Å². The molecule has 35 heavy (non-hydrogen) atoms. The van der Waals surface area contributed by atoms with Crippen molar-refractivity contribution in [3.05, 3.63) is 54.0 Å². The maximum absolute atomic E-state index is 11.8.